The zero-order valence-corrected chi connectivity index (χ0v) is 15.1. The first-order valence-electron chi connectivity index (χ1n) is 6.78. The molecule has 0 aliphatic rings. The Morgan fingerprint density at radius 3 is 1.48 bits per heavy atom. The van der Waals surface area contributed by atoms with Crippen LogP contribution in [0.1, 0.15) is 0 Å². The number of rotatable bonds is 4. The number of anilines is 5. The zero-order valence-electron chi connectivity index (χ0n) is 11.9. The van der Waals surface area contributed by atoms with Gasteiger partial charge in [-0.25, -0.2) is 0 Å². The fourth-order valence-corrected chi connectivity index (χ4v) is 2.48. The van der Waals surface area contributed by atoms with E-state index in [-0.39, 0.29) is 5.95 Å². The highest BCUT2D eigenvalue weighted by Gasteiger charge is 2.04. The highest BCUT2D eigenvalue weighted by atomic mass is 79.9. The number of benzene rings is 2. The van der Waals surface area contributed by atoms with Crippen molar-refractivity contribution in [2.75, 3.05) is 16.4 Å². The molecule has 0 aliphatic heterocycles. The lowest BCUT2D eigenvalue weighted by atomic mass is 10.3. The van der Waals surface area contributed by atoms with Gasteiger partial charge in [-0.3, -0.25) is 0 Å². The number of nitrogens with zero attached hydrogens (tertiary/aromatic N) is 2. The number of nitrogens with two attached hydrogens (primary N) is 1. The predicted molar refractivity (Wildman–Crippen MR) is 101 cm³/mol. The second-order valence-electron chi connectivity index (χ2n) is 4.76. The van der Waals surface area contributed by atoms with Crippen LogP contribution in [0.5, 0.6) is 0 Å². The molecule has 7 heteroatoms. The Hall–Kier alpha value is -2.12. The maximum Gasteiger partial charge on any atom is 0.223 e. The largest absolute Gasteiger partial charge is 0.368 e. The summed E-state index contributed by atoms with van der Waals surface area (Å²) in [5.74, 6) is 1.45. The molecule has 1 aromatic heterocycles. The minimum Gasteiger partial charge on any atom is -0.368 e. The van der Waals surface area contributed by atoms with Gasteiger partial charge < -0.3 is 16.4 Å². The van der Waals surface area contributed by atoms with Crippen LogP contribution < -0.4 is 16.4 Å². The van der Waals surface area contributed by atoms with Gasteiger partial charge in [-0.05, 0) is 48.5 Å². The minimum absolute atomic E-state index is 0.201. The van der Waals surface area contributed by atoms with Crippen LogP contribution in [0.2, 0.25) is 0 Å². The molecule has 2 aromatic carbocycles. The number of nitrogens with one attached hydrogen (secondary N) is 2. The number of nitrogen functional groups attached to an aromatic ring is 1. The summed E-state index contributed by atoms with van der Waals surface area (Å²) in [6.07, 6.45) is 0. The number of hydrogen-bond acceptors (Lipinski definition) is 5. The monoisotopic (exact) mass is 433 g/mol. The molecule has 116 valence electrons. The molecule has 0 aliphatic carbocycles. The minimum atomic E-state index is 0.201. The Morgan fingerprint density at radius 1 is 0.696 bits per heavy atom. The highest BCUT2D eigenvalue weighted by molar-refractivity contribution is 9.10. The molecule has 0 atom stereocenters. The van der Waals surface area contributed by atoms with Crippen LogP contribution in [0, 0.1) is 0 Å². The lowest BCUT2D eigenvalue weighted by molar-refractivity contribution is 1.18. The van der Waals surface area contributed by atoms with Crippen molar-refractivity contribution in [1.82, 2.24) is 9.97 Å². The Labute approximate surface area is 150 Å². The summed E-state index contributed by atoms with van der Waals surface area (Å²) >= 11 is 6.82. The first-order chi connectivity index (χ1) is 11.1. The van der Waals surface area contributed by atoms with Gasteiger partial charge in [0, 0.05) is 26.4 Å². The van der Waals surface area contributed by atoms with Gasteiger partial charge in [0.05, 0.1) is 0 Å². The van der Waals surface area contributed by atoms with Crippen LogP contribution in [0.3, 0.4) is 0 Å². The fraction of sp³-hybridized carbons (Fsp3) is 0. The lowest BCUT2D eigenvalue weighted by Crippen LogP contribution is -2.03. The van der Waals surface area contributed by atoms with Gasteiger partial charge >= 0.3 is 0 Å². The van der Waals surface area contributed by atoms with Crippen LogP contribution in [0.4, 0.5) is 29.0 Å². The molecule has 23 heavy (non-hydrogen) atoms. The van der Waals surface area contributed by atoms with Crippen molar-refractivity contribution in [3.05, 3.63) is 63.5 Å². The van der Waals surface area contributed by atoms with Crippen molar-refractivity contribution in [3.63, 3.8) is 0 Å². The van der Waals surface area contributed by atoms with E-state index in [1.165, 1.54) is 0 Å². The van der Waals surface area contributed by atoms with E-state index in [2.05, 4.69) is 52.5 Å². The van der Waals surface area contributed by atoms with E-state index in [1.807, 2.05) is 48.5 Å². The topological polar surface area (TPSA) is 75.9 Å². The number of aromatic nitrogens is 2. The smallest absolute Gasteiger partial charge is 0.223 e. The Kier molecular flexibility index (Phi) is 4.78. The van der Waals surface area contributed by atoms with Crippen molar-refractivity contribution < 1.29 is 0 Å². The van der Waals surface area contributed by atoms with Crippen molar-refractivity contribution in [2.24, 2.45) is 0 Å². The molecule has 0 spiro atoms. The van der Waals surface area contributed by atoms with E-state index in [0.717, 1.165) is 20.3 Å². The molecule has 3 rings (SSSR count). The molecular weight excluding hydrogens is 422 g/mol. The van der Waals surface area contributed by atoms with Crippen molar-refractivity contribution in [3.8, 4) is 0 Å². The summed E-state index contributed by atoms with van der Waals surface area (Å²) in [5.41, 5.74) is 7.63. The van der Waals surface area contributed by atoms with Crippen LogP contribution in [0.25, 0.3) is 0 Å². The van der Waals surface area contributed by atoms with E-state index in [4.69, 9.17) is 5.73 Å². The molecule has 1 heterocycles. The van der Waals surface area contributed by atoms with Gasteiger partial charge in [-0.1, -0.05) is 31.9 Å². The molecule has 0 radical (unpaired) electrons. The van der Waals surface area contributed by atoms with E-state index < -0.39 is 0 Å². The summed E-state index contributed by atoms with van der Waals surface area (Å²) < 4.78 is 2.03. The van der Waals surface area contributed by atoms with Gasteiger partial charge in [-0.2, -0.15) is 9.97 Å². The third-order valence-corrected chi connectivity index (χ3v) is 4.03. The summed E-state index contributed by atoms with van der Waals surface area (Å²) in [4.78, 5) is 8.41. The lowest BCUT2D eigenvalue weighted by Gasteiger charge is -2.10. The molecule has 0 fully saturated rings. The summed E-state index contributed by atoms with van der Waals surface area (Å²) in [6, 6.07) is 17.4. The average Bonchev–Trinajstić information content (AvgIpc) is 2.51. The maximum absolute atomic E-state index is 5.80. The van der Waals surface area contributed by atoms with E-state index in [9.17, 15) is 0 Å². The summed E-state index contributed by atoms with van der Waals surface area (Å²) in [5, 5.41) is 6.42. The van der Waals surface area contributed by atoms with Crippen molar-refractivity contribution in [2.45, 2.75) is 0 Å². The van der Waals surface area contributed by atoms with Gasteiger partial charge in [0.2, 0.25) is 5.95 Å². The third-order valence-electron chi connectivity index (χ3n) is 2.98. The van der Waals surface area contributed by atoms with Crippen LogP contribution >= 0.6 is 31.9 Å². The molecule has 5 nitrogen and oxygen atoms in total. The fourth-order valence-electron chi connectivity index (χ4n) is 1.96. The molecule has 0 saturated heterocycles. The number of hydrogen-bond donors (Lipinski definition) is 3. The Balaban J connectivity index is 1.81. The predicted octanol–water partition coefficient (Wildman–Crippen LogP) is 5.07. The molecule has 3 aromatic rings. The maximum atomic E-state index is 5.80. The number of halogens is 2. The normalized spacial score (nSPS) is 10.3. The van der Waals surface area contributed by atoms with Gasteiger partial charge in [-0.15, -0.1) is 0 Å². The molecular formula is C16H13Br2N5. The summed E-state index contributed by atoms with van der Waals surface area (Å²) in [6.45, 7) is 0. The third kappa shape index (κ3) is 4.43. The van der Waals surface area contributed by atoms with Crippen LogP contribution in [-0.2, 0) is 0 Å². The van der Waals surface area contributed by atoms with E-state index in [0.29, 0.717) is 11.6 Å². The molecule has 4 N–H and O–H groups in total. The zero-order chi connectivity index (χ0) is 16.2. The van der Waals surface area contributed by atoms with Gasteiger partial charge in [0.1, 0.15) is 11.6 Å². The molecule has 0 bridgehead atoms. The van der Waals surface area contributed by atoms with Gasteiger partial charge in [0.25, 0.3) is 0 Å². The highest BCUT2D eigenvalue weighted by Crippen LogP contribution is 2.23. The first-order valence-corrected chi connectivity index (χ1v) is 8.37. The Morgan fingerprint density at radius 2 is 1.09 bits per heavy atom. The summed E-state index contributed by atoms with van der Waals surface area (Å²) in [7, 11) is 0. The van der Waals surface area contributed by atoms with Crippen LogP contribution in [0.15, 0.2) is 63.5 Å². The molecule has 0 amide bonds. The average molecular weight is 435 g/mol. The van der Waals surface area contributed by atoms with Crippen molar-refractivity contribution in [1.29, 1.82) is 0 Å². The standard InChI is InChI=1S/C16H13Br2N5/c17-10-1-5-12(6-2-10)20-14-9-15(23-16(19)22-14)21-13-7-3-11(18)4-8-13/h1-9H,(H4,19,20,21,22,23). The SMILES string of the molecule is Nc1nc(Nc2ccc(Br)cc2)cc(Nc2ccc(Br)cc2)n1. The molecule has 0 unspecified atom stereocenters. The van der Waals surface area contributed by atoms with Crippen LogP contribution in [-0.4, -0.2) is 9.97 Å². The second kappa shape index (κ2) is 6.97. The van der Waals surface area contributed by atoms with Gasteiger partial charge in [0.15, 0.2) is 0 Å². The van der Waals surface area contributed by atoms with E-state index in [1.54, 1.807) is 6.07 Å². The molecule has 0 saturated carbocycles. The van der Waals surface area contributed by atoms with E-state index >= 15 is 0 Å². The quantitative estimate of drug-likeness (QED) is 0.534. The first kappa shape index (κ1) is 15.8. The Bertz CT molecular complexity index is 738. The second-order valence-corrected chi connectivity index (χ2v) is 6.59. The van der Waals surface area contributed by atoms with Crippen molar-refractivity contribution >= 4 is 60.8 Å².